The van der Waals surface area contributed by atoms with Gasteiger partial charge in [-0.15, -0.1) is 12.4 Å². The van der Waals surface area contributed by atoms with E-state index >= 15 is 0 Å². The van der Waals surface area contributed by atoms with Crippen LogP contribution in [0.4, 0.5) is 21.8 Å². The third-order valence-corrected chi connectivity index (χ3v) is 4.91. The van der Waals surface area contributed by atoms with Crippen molar-refractivity contribution >= 4 is 41.7 Å². The number of nitrogens with one attached hydrogen (secondary N) is 1. The number of carboxylic acid groups (broad SMARTS) is 1. The van der Waals surface area contributed by atoms with E-state index in [0.717, 1.165) is 12.1 Å². The maximum Gasteiger partial charge on any atom is 0.338 e. The fourth-order valence-corrected chi connectivity index (χ4v) is 3.18. The zero-order chi connectivity index (χ0) is 20.5. The van der Waals surface area contributed by atoms with Crippen molar-refractivity contribution in [3.8, 4) is 6.07 Å². The van der Waals surface area contributed by atoms with Crippen LogP contribution in [0, 0.1) is 28.5 Å². The summed E-state index contributed by atoms with van der Waals surface area (Å²) in [6.07, 6.45) is 1.86. The van der Waals surface area contributed by atoms with Gasteiger partial charge in [-0.05, 0) is 36.6 Å². The number of hydrogen-bond acceptors (Lipinski definition) is 6. The SMILES string of the molecule is CC(C)[C@]1(C#N)CCN(c2ccnc(Nc3ccc(C(=O)O)c(F)c3)n2)C1=O.Cl. The lowest BCUT2D eigenvalue weighted by atomic mass is 9.77. The number of rotatable bonds is 5. The van der Waals surface area contributed by atoms with Gasteiger partial charge in [0, 0.05) is 18.4 Å². The molecule has 8 nitrogen and oxygen atoms in total. The Balaban J connectivity index is 0.00000300. The molecule has 1 aromatic heterocycles. The Labute approximate surface area is 172 Å². The minimum Gasteiger partial charge on any atom is -0.478 e. The van der Waals surface area contributed by atoms with Crippen LogP contribution in [0.25, 0.3) is 0 Å². The molecule has 0 spiro atoms. The number of nitrogens with zero attached hydrogens (tertiary/aromatic N) is 4. The minimum atomic E-state index is -1.36. The number of aromatic nitrogens is 2. The van der Waals surface area contributed by atoms with E-state index in [-0.39, 0.29) is 35.9 Å². The molecule has 0 saturated carbocycles. The zero-order valence-corrected chi connectivity index (χ0v) is 16.5. The minimum absolute atomic E-state index is 0. The summed E-state index contributed by atoms with van der Waals surface area (Å²) in [6, 6.07) is 7.28. The maximum absolute atomic E-state index is 13.8. The largest absolute Gasteiger partial charge is 0.478 e. The summed E-state index contributed by atoms with van der Waals surface area (Å²) in [5, 5.41) is 21.2. The first kappa shape index (κ1) is 22.0. The number of benzene rings is 1. The summed E-state index contributed by atoms with van der Waals surface area (Å²) in [5.74, 6) is -2.23. The molecule has 29 heavy (non-hydrogen) atoms. The molecule has 0 radical (unpaired) electrons. The third-order valence-electron chi connectivity index (χ3n) is 4.91. The van der Waals surface area contributed by atoms with Gasteiger partial charge in [-0.25, -0.2) is 14.2 Å². The number of hydrogen-bond donors (Lipinski definition) is 2. The molecule has 152 valence electrons. The Morgan fingerprint density at radius 1 is 1.41 bits per heavy atom. The van der Waals surface area contributed by atoms with Gasteiger partial charge in [-0.3, -0.25) is 9.69 Å². The van der Waals surface area contributed by atoms with Crippen LogP contribution < -0.4 is 10.2 Å². The number of carboxylic acids is 1. The number of carbonyl (C=O) groups excluding carboxylic acids is 1. The predicted molar refractivity (Wildman–Crippen MR) is 106 cm³/mol. The average Bonchev–Trinajstić information content (AvgIpc) is 2.99. The summed E-state index contributed by atoms with van der Waals surface area (Å²) >= 11 is 0. The normalized spacial score (nSPS) is 18.3. The van der Waals surface area contributed by atoms with Crippen LogP contribution in [0.2, 0.25) is 0 Å². The Kier molecular flexibility index (Phi) is 6.39. The first-order valence-corrected chi connectivity index (χ1v) is 8.64. The van der Waals surface area contributed by atoms with Gasteiger partial charge >= 0.3 is 5.97 Å². The fourth-order valence-electron chi connectivity index (χ4n) is 3.18. The average molecular weight is 420 g/mol. The predicted octanol–water partition coefficient (Wildman–Crippen LogP) is 3.38. The van der Waals surface area contributed by atoms with Crippen LogP contribution in [0.5, 0.6) is 0 Å². The molecule has 3 rings (SSSR count). The number of amides is 1. The van der Waals surface area contributed by atoms with Gasteiger partial charge in [0.25, 0.3) is 0 Å². The van der Waals surface area contributed by atoms with Gasteiger partial charge in [0.2, 0.25) is 11.9 Å². The summed E-state index contributed by atoms with van der Waals surface area (Å²) in [4.78, 5) is 33.5. The maximum atomic E-state index is 13.8. The highest BCUT2D eigenvalue weighted by molar-refractivity contribution is 6.01. The van der Waals surface area contributed by atoms with E-state index in [1.54, 1.807) is 6.07 Å². The second-order valence-electron chi connectivity index (χ2n) is 6.81. The Morgan fingerprint density at radius 3 is 2.69 bits per heavy atom. The Hall–Kier alpha value is -3.25. The number of halogens is 2. The second-order valence-corrected chi connectivity index (χ2v) is 6.81. The molecular weight excluding hydrogens is 401 g/mol. The van der Waals surface area contributed by atoms with Crippen LogP contribution in [0.15, 0.2) is 30.5 Å². The molecule has 0 unspecified atom stereocenters. The van der Waals surface area contributed by atoms with E-state index < -0.39 is 22.8 Å². The van der Waals surface area contributed by atoms with Crippen molar-refractivity contribution < 1.29 is 19.1 Å². The van der Waals surface area contributed by atoms with Gasteiger partial charge in [0.1, 0.15) is 17.1 Å². The standard InChI is InChI=1S/C19H18FN5O3.ClH/c1-11(2)19(10-21)6-8-25(17(19)28)15-5-7-22-18(24-15)23-12-3-4-13(16(26)27)14(20)9-12;/h3-5,7,9,11H,6,8H2,1-2H3,(H,26,27)(H,22,23,24);1H/t19-;/m1./s1. The van der Waals surface area contributed by atoms with Gasteiger partial charge in [0.15, 0.2) is 0 Å². The molecule has 1 atom stereocenters. The van der Waals surface area contributed by atoms with E-state index in [2.05, 4.69) is 21.4 Å². The molecule has 2 heterocycles. The molecule has 1 aromatic carbocycles. The van der Waals surface area contributed by atoms with Gasteiger partial charge in [-0.1, -0.05) is 13.8 Å². The van der Waals surface area contributed by atoms with E-state index in [4.69, 9.17) is 5.11 Å². The molecule has 1 amide bonds. The second kappa shape index (κ2) is 8.41. The van der Waals surface area contributed by atoms with Crippen molar-refractivity contribution in [1.82, 2.24) is 9.97 Å². The molecule has 1 saturated heterocycles. The quantitative estimate of drug-likeness (QED) is 0.762. The zero-order valence-electron chi connectivity index (χ0n) is 15.7. The molecule has 1 aliphatic rings. The highest BCUT2D eigenvalue weighted by Crippen LogP contribution is 2.40. The Bertz CT molecular complexity index is 994. The van der Waals surface area contributed by atoms with E-state index in [1.807, 2.05) is 13.8 Å². The first-order chi connectivity index (χ1) is 13.3. The van der Waals surface area contributed by atoms with Gasteiger partial charge < -0.3 is 10.4 Å². The van der Waals surface area contributed by atoms with Crippen molar-refractivity contribution in [3.05, 3.63) is 41.8 Å². The van der Waals surface area contributed by atoms with E-state index in [9.17, 15) is 19.2 Å². The summed E-state index contributed by atoms with van der Waals surface area (Å²) in [5.41, 5.74) is -1.25. The van der Waals surface area contributed by atoms with Crippen LogP contribution in [-0.2, 0) is 4.79 Å². The van der Waals surface area contributed by atoms with Crippen LogP contribution in [-0.4, -0.2) is 33.5 Å². The molecule has 2 aromatic rings. The Morgan fingerprint density at radius 2 is 2.14 bits per heavy atom. The fraction of sp³-hybridized carbons (Fsp3) is 0.316. The number of carbonyl (C=O) groups is 2. The van der Waals surface area contributed by atoms with Crippen molar-refractivity contribution in [1.29, 1.82) is 5.26 Å². The summed E-state index contributed by atoms with van der Waals surface area (Å²) < 4.78 is 13.8. The monoisotopic (exact) mass is 419 g/mol. The van der Waals surface area contributed by atoms with Crippen molar-refractivity contribution in [3.63, 3.8) is 0 Å². The van der Waals surface area contributed by atoms with E-state index in [1.165, 1.54) is 17.2 Å². The number of aromatic carboxylic acids is 1. The smallest absolute Gasteiger partial charge is 0.338 e. The molecule has 0 bridgehead atoms. The number of nitriles is 1. The molecule has 2 N–H and O–H groups in total. The van der Waals surface area contributed by atoms with Crippen molar-refractivity contribution in [2.75, 3.05) is 16.8 Å². The lowest BCUT2D eigenvalue weighted by Gasteiger charge is -2.24. The topological polar surface area (TPSA) is 119 Å². The molecule has 0 aliphatic carbocycles. The van der Waals surface area contributed by atoms with Crippen LogP contribution in [0.3, 0.4) is 0 Å². The number of anilines is 3. The third kappa shape index (κ3) is 3.98. The summed E-state index contributed by atoms with van der Waals surface area (Å²) in [7, 11) is 0. The highest BCUT2D eigenvalue weighted by Gasteiger charge is 2.50. The molecule has 1 fully saturated rings. The summed E-state index contributed by atoms with van der Waals surface area (Å²) in [6.45, 7) is 4.04. The highest BCUT2D eigenvalue weighted by atomic mass is 35.5. The van der Waals surface area contributed by atoms with Gasteiger partial charge in [-0.2, -0.15) is 10.2 Å². The van der Waals surface area contributed by atoms with Crippen molar-refractivity contribution in [2.45, 2.75) is 20.3 Å². The molecule has 10 heteroatoms. The molecular formula is C19H19ClFN5O3. The van der Waals surface area contributed by atoms with Gasteiger partial charge in [0.05, 0.1) is 11.6 Å². The van der Waals surface area contributed by atoms with Crippen molar-refractivity contribution in [2.24, 2.45) is 11.3 Å². The van der Waals surface area contributed by atoms with E-state index in [0.29, 0.717) is 18.8 Å². The van der Waals surface area contributed by atoms with Crippen LogP contribution >= 0.6 is 12.4 Å². The first-order valence-electron chi connectivity index (χ1n) is 8.64. The molecule has 1 aliphatic heterocycles. The van der Waals surface area contributed by atoms with Crippen LogP contribution in [0.1, 0.15) is 30.6 Å². The lowest BCUT2D eigenvalue weighted by molar-refractivity contribution is -0.124. The lowest BCUT2D eigenvalue weighted by Crippen LogP contribution is -2.37.